The first kappa shape index (κ1) is 14.8. The number of hydrogen-bond acceptors (Lipinski definition) is 2. The van der Waals surface area contributed by atoms with Crippen LogP contribution in [0.4, 0.5) is 18.9 Å². The molecule has 1 fully saturated rings. The largest absolute Gasteiger partial charge is 0.490 e. The van der Waals surface area contributed by atoms with Crippen molar-refractivity contribution in [2.24, 2.45) is 5.92 Å². The van der Waals surface area contributed by atoms with Crippen molar-refractivity contribution in [1.29, 1.82) is 0 Å². The molecule has 0 heterocycles. The molecule has 0 atom stereocenters. The highest BCUT2D eigenvalue weighted by Gasteiger charge is 2.30. The van der Waals surface area contributed by atoms with E-state index in [-0.39, 0.29) is 0 Å². The van der Waals surface area contributed by atoms with Gasteiger partial charge in [-0.3, -0.25) is 0 Å². The van der Waals surface area contributed by atoms with Crippen LogP contribution in [-0.2, 0) is 6.18 Å². The number of anilines is 1. The minimum Gasteiger partial charge on any atom is -0.490 e. The number of nitrogens with two attached hydrogens (primary N) is 1. The molecular formula is C17H16F3NO. The van der Waals surface area contributed by atoms with Gasteiger partial charge in [-0.2, -0.15) is 13.2 Å². The maximum atomic E-state index is 12.6. The molecule has 0 bridgehead atoms. The Morgan fingerprint density at radius 1 is 1.05 bits per heavy atom. The van der Waals surface area contributed by atoms with Crippen molar-refractivity contribution >= 4 is 5.69 Å². The third-order valence-electron chi connectivity index (χ3n) is 3.73. The Labute approximate surface area is 126 Å². The van der Waals surface area contributed by atoms with Crippen LogP contribution >= 0.6 is 0 Å². The summed E-state index contributed by atoms with van der Waals surface area (Å²) in [5.74, 6) is 1.12. The van der Waals surface area contributed by atoms with E-state index in [1.165, 1.54) is 12.1 Å². The van der Waals surface area contributed by atoms with Crippen LogP contribution in [0.25, 0.3) is 11.1 Å². The molecule has 2 N–H and O–H groups in total. The van der Waals surface area contributed by atoms with E-state index in [0.29, 0.717) is 29.5 Å². The average molecular weight is 307 g/mol. The van der Waals surface area contributed by atoms with Crippen LogP contribution in [0, 0.1) is 5.92 Å². The Morgan fingerprint density at radius 3 is 2.32 bits per heavy atom. The van der Waals surface area contributed by atoms with E-state index in [9.17, 15) is 13.2 Å². The van der Waals surface area contributed by atoms with E-state index >= 15 is 0 Å². The van der Waals surface area contributed by atoms with Crippen LogP contribution in [0.2, 0.25) is 0 Å². The van der Waals surface area contributed by atoms with E-state index in [0.717, 1.165) is 30.5 Å². The summed E-state index contributed by atoms with van der Waals surface area (Å²) in [4.78, 5) is 0. The van der Waals surface area contributed by atoms with E-state index in [1.54, 1.807) is 18.2 Å². The molecule has 0 radical (unpaired) electrons. The lowest BCUT2D eigenvalue weighted by Gasteiger charge is -2.14. The van der Waals surface area contributed by atoms with Gasteiger partial charge in [0.1, 0.15) is 5.75 Å². The number of benzene rings is 2. The molecule has 1 aliphatic rings. The van der Waals surface area contributed by atoms with E-state index in [1.807, 2.05) is 0 Å². The Hall–Kier alpha value is -2.17. The predicted molar refractivity (Wildman–Crippen MR) is 79.5 cm³/mol. The van der Waals surface area contributed by atoms with Gasteiger partial charge in [0.05, 0.1) is 17.9 Å². The minimum atomic E-state index is -4.33. The van der Waals surface area contributed by atoms with Crippen molar-refractivity contribution in [3.05, 3.63) is 48.0 Å². The summed E-state index contributed by atoms with van der Waals surface area (Å²) in [5, 5.41) is 0. The first-order valence-electron chi connectivity index (χ1n) is 7.14. The lowest BCUT2D eigenvalue weighted by Crippen LogP contribution is -2.05. The van der Waals surface area contributed by atoms with E-state index in [2.05, 4.69) is 0 Å². The zero-order valence-electron chi connectivity index (χ0n) is 11.9. The second kappa shape index (κ2) is 5.55. The minimum absolute atomic E-state index is 0.498. The third-order valence-corrected chi connectivity index (χ3v) is 3.73. The fourth-order valence-corrected chi connectivity index (χ4v) is 2.27. The molecule has 0 unspecified atom stereocenters. The number of hydrogen-bond donors (Lipinski definition) is 1. The molecule has 1 aliphatic carbocycles. The van der Waals surface area contributed by atoms with Crippen molar-refractivity contribution in [3.8, 4) is 16.9 Å². The van der Waals surface area contributed by atoms with Gasteiger partial charge in [0, 0.05) is 5.56 Å². The van der Waals surface area contributed by atoms with Crippen LogP contribution in [0.3, 0.4) is 0 Å². The van der Waals surface area contributed by atoms with Gasteiger partial charge in [0.25, 0.3) is 0 Å². The van der Waals surface area contributed by atoms with Gasteiger partial charge in [0.2, 0.25) is 0 Å². The number of alkyl halides is 3. The van der Waals surface area contributed by atoms with E-state index < -0.39 is 11.7 Å². The topological polar surface area (TPSA) is 35.2 Å². The second-order valence-electron chi connectivity index (χ2n) is 5.55. The summed E-state index contributed by atoms with van der Waals surface area (Å²) >= 11 is 0. The van der Waals surface area contributed by atoms with Crippen molar-refractivity contribution in [1.82, 2.24) is 0 Å². The molecule has 0 spiro atoms. The Balaban J connectivity index is 1.91. The number of rotatable bonds is 4. The van der Waals surface area contributed by atoms with Crippen molar-refractivity contribution < 1.29 is 17.9 Å². The van der Waals surface area contributed by atoms with Gasteiger partial charge in [-0.25, -0.2) is 0 Å². The van der Waals surface area contributed by atoms with Crippen LogP contribution in [0.15, 0.2) is 42.5 Å². The Morgan fingerprint density at radius 2 is 1.73 bits per heavy atom. The lowest BCUT2D eigenvalue weighted by molar-refractivity contribution is -0.137. The Kier molecular flexibility index (Phi) is 3.72. The first-order valence-corrected chi connectivity index (χ1v) is 7.14. The van der Waals surface area contributed by atoms with Crippen LogP contribution in [0.5, 0.6) is 5.75 Å². The maximum absolute atomic E-state index is 12.6. The summed E-state index contributed by atoms with van der Waals surface area (Å²) in [7, 11) is 0. The van der Waals surface area contributed by atoms with Gasteiger partial charge in [-0.1, -0.05) is 24.3 Å². The van der Waals surface area contributed by atoms with Gasteiger partial charge >= 0.3 is 6.18 Å². The summed E-state index contributed by atoms with van der Waals surface area (Å²) in [5.41, 5.74) is 7.17. The molecule has 2 aromatic carbocycles. The molecule has 0 saturated heterocycles. The van der Waals surface area contributed by atoms with Gasteiger partial charge in [-0.05, 0) is 42.5 Å². The number of ether oxygens (including phenoxy) is 1. The number of para-hydroxylation sites is 1. The fourth-order valence-electron chi connectivity index (χ4n) is 2.27. The molecule has 3 rings (SSSR count). The molecule has 1 saturated carbocycles. The number of nitrogen functional groups attached to an aromatic ring is 1. The second-order valence-corrected chi connectivity index (χ2v) is 5.55. The Bertz CT molecular complexity index is 661. The fraction of sp³-hybridized carbons (Fsp3) is 0.294. The summed E-state index contributed by atoms with van der Waals surface area (Å²) in [6, 6.07) is 10.3. The van der Waals surface area contributed by atoms with Crippen molar-refractivity contribution in [2.75, 3.05) is 12.3 Å². The molecule has 0 aromatic heterocycles. The molecule has 5 heteroatoms. The smallest absolute Gasteiger partial charge is 0.416 e. The molecule has 2 aromatic rings. The first-order chi connectivity index (χ1) is 10.4. The van der Waals surface area contributed by atoms with Crippen molar-refractivity contribution in [2.45, 2.75) is 19.0 Å². The highest BCUT2D eigenvalue weighted by atomic mass is 19.4. The van der Waals surface area contributed by atoms with Crippen LogP contribution in [-0.4, -0.2) is 6.61 Å². The quantitative estimate of drug-likeness (QED) is 0.828. The lowest BCUT2D eigenvalue weighted by atomic mass is 10.0. The highest BCUT2D eigenvalue weighted by molar-refractivity contribution is 5.77. The molecule has 0 aliphatic heterocycles. The van der Waals surface area contributed by atoms with Crippen molar-refractivity contribution in [3.63, 3.8) is 0 Å². The molecular weight excluding hydrogens is 291 g/mol. The number of halogens is 3. The van der Waals surface area contributed by atoms with Gasteiger partial charge in [-0.15, -0.1) is 0 Å². The average Bonchev–Trinajstić information content (AvgIpc) is 3.29. The molecule has 116 valence electrons. The van der Waals surface area contributed by atoms with Crippen LogP contribution in [0.1, 0.15) is 18.4 Å². The SMILES string of the molecule is Nc1cccc(-c2ccc(C(F)(F)F)cc2)c1OCC1CC1. The van der Waals surface area contributed by atoms with Gasteiger partial charge in [0.15, 0.2) is 0 Å². The highest BCUT2D eigenvalue weighted by Crippen LogP contribution is 2.38. The van der Waals surface area contributed by atoms with E-state index in [4.69, 9.17) is 10.5 Å². The zero-order valence-corrected chi connectivity index (χ0v) is 11.9. The summed E-state index contributed by atoms with van der Waals surface area (Å²) in [6.45, 7) is 0.599. The maximum Gasteiger partial charge on any atom is 0.416 e. The zero-order chi connectivity index (χ0) is 15.7. The summed E-state index contributed by atoms with van der Waals surface area (Å²) < 4.78 is 43.7. The normalized spacial score (nSPS) is 14.9. The molecule has 0 amide bonds. The standard InChI is InChI=1S/C17H16F3NO/c18-17(19,20)13-8-6-12(7-9-13)14-2-1-3-15(21)16(14)22-10-11-4-5-11/h1-3,6-9,11H,4-5,10,21H2. The predicted octanol–water partition coefficient (Wildman–Crippen LogP) is 4.74. The van der Waals surface area contributed by atoms with Crippen LogP contribution < -0.4 is 10.5 Å². The van der Waals surface area contributed by atoms with Gasteiger partial charge < -0.3 is 10.5 Å². The third kappa shape index (κ3) is 3.18. The summed E-state index contributed by atoms with van der Waals surface area (Å²) in [6.07, 6.45) is -2.02. The monoisotopic (exact) mass is 307 g/mol. The molecule has 2 nitrogen and oxygen atoms in total. The molecule has 22 heavy (non-hydrogen) atoms.